The Kier molecular flexibility index (Phi) is 2.68. The number of fused-ring (bicyclic) bond motifs is 1. The third-order valence-electron chi connectivity index (χ3n) is 2.36. The average molecular weight is 255 g/mol. The second kappa shape index (κ2) is 3.87. The quantitative estimate of drug-likeness (QED) is 0.436. The number of rotatable bonds is 1. The predicted octanol–water partition coefficient (Wildman–Crippen LogP) is 1.85. The van der Waals surface area contributed by atoms with Crippen molar-refractivity contribution in [3.8, 4) is 0 Å². The smallest absolute Gasteiger partial charge is 0.296 e. The molecule has 1 aliphatic rings. The van der Waals surface area contributed by atoms with E-state index in [4.69, 9.17) is 16.2 Å². The van der Waals surface area contributed by atoms with Gasteiger partial charge in [0.1, 0.15) is 0 Å². The first-order valence-electron chi connectivity index (χ1n) is 4.48. The Morgan fingerprint density at radius 1 is 1.31 bits per heavy atom. The van der Waals surface area contributed by atoms with Gasteiger partial charge in [0.05, 0.1) is 11.3 Å². The highest BCUT2D eigenvalue weighted by Gasteiger charge is 2.21. The molecule has 0 saturated heterocycles. The van der Waals surface area contributed by atoms with Crippen molar-refractivity contribution < 1.29 is 13.2 Å². The van der Waals surface area contributed by atoms with Crippen LogP contribution in [0.25, 0.3) is 11.6 Å². The first kappa shape index (κ1) is 11.1. The van der Waals surface area contributed by atoms with Crippen molar-refractivity contribution in [2.45, 2.75) is 11.3 Å². The predicted molar refractivity (Wildman–Crippen MR) is 60.8 cm³/mol. The van der Waals surface area contributed by atoms with Gasteiger partial charge in [0.2, 0.25) is 0 Å². The minimum absolute atomic E-state index is 0.0832. The van der Waals surface area contributed by atoms with E-state index in [9.17, 15) is 8.42 Å². The Morgan fingerprint density at radius 3 is 2.69 bits per heavy atom. The maximum atomic E-state index is 11.3. The molecule has 0 atom stereocenters. The topological polar surface area (TPSA) is 70.5 Å². The minimum Gasteiger partial charge on any atom is -0.361 e. The van der Waals surface area contributed by atoms with Gasteiger partial charge in [0, 0.05) is 16.8 Å². The fourth-order valence-corrected chi connectivity index (χ4v) is 2.75. The van der Waals surface area contributed by atoms with E-state index in [0.717, 1.165) is 5.56 Å². The molecule has 16 heavy (non-hydrogen) atoms. The first-order chi connectivity index (χ1) is 7.52. The van der Waals surface area contributed by atoms with Crippen LogP contribution in [-0.2, 0) is 15.5 Å². The van der Waals surface area contributed by atoms with Crippen molar-refractivity contribution in [3.05, 3.63) is 40.9 Å². The highest BCUT2D eigenvalue weighted by Crippen LogP contribution is 2.27. The Morgan fingerprint density at radius 2 is 2.06 bits per heavy atom. The van der Waals surface area contributed by atoms with Gasteiger partial charge in [-0.05, 0) is 23.3 Å². The number of hydrogen-bond donors (Lipinski definition) is 0. The van der Waals surface area contributed by atoms with Crippen molar-refractivity contribution in [1.82, 2.24) is 0 Å². The fraction of sp³-hybridized carbons (Fsp3) is 0.100. The van der Waals surface area contributed by atoms with Crippen LogP contribution in [0, 0.1) is 0 Å². The van der Waals surface area contributed by atoms with Gasteiger partial charge in [-0.1, -0.05) is 12.1 Å². The molecule has 0 bridgehead atoms. The van der Waals surface area contributed by atoms with Crippen LogP contribution in [-0.4, -0.2) is 18.9 Å². The zero-order valence-electron chi connectivity index (χ0n) is 8.09. The number of benzene rings is 1. The van der Waals surface area contributed by atoms with Gasteiger partial charge >= 0.3 is 0 Å². The van der Waals surface area contributed by atoms with Gasteiger partial charge in [0.25, 0.3) is 14.8 Å². The minimum atomic E-state index is -3.75. The van der Waals surface area contributed by atoms with Crippen LogP contribution in [0.2, 0.25) is 0 Å². The molecule has 0 fully saturated rings. The number of nitrogens with zero attached hydrogens (tertiary/aromatic N) is 2. The number of allylic oxidation sites excluding steroid dienone is 1. The van der Waals surface area contributed by atoms with Crippen LogP contribution in [0.1, 0.15) is 11.1 Å². The molecule has 1 aromatic rings. The summed E-state index contributed by atoms with van der Waals surface area (Å²) in [5.41, 5.74) is 10.5. The maximum absolute atomic E-state index is 11.3. The summed E-state index contributed by atoms with van der Waals surface area (Å²) < 4.78 is 22.6. The van der Waals surface area contributed by atoms with E-state index < -0.39 is 9.05 Å². The molecular formula is C10H7ClN2O2S. The monoisotopic (exact) mass is 254 g/mol. The molecule has 0 amide bonds. The highest BCUT2D eigenvalue weighted by atomic mass is 35.7. The third-order valence-corrected chi connectivity index (χ3v) is 3.74. The van der Waals surface area contributed by atoms with Crippen LogP contribution in [0.4, 0.5) is 0 Å². The standard InChI is InChI=1S/C10H7ClN2O2S/c11-16(14,15)10-3-1-2-7-6-8(13-12)4-5-9(7)10/h1-5H,6H2. The molecule has 0 aliphatic heterocycles. The maximum Gasteiger partial charge on any atom is 0.296 e. The van der Waals surface area contributed by atoms with E-state index in [-0.39, 0.29) is 4.90 Å². The Bertz CT molecular complexity index is 628. The highest BCUT2D eigenvalue weighted by molar-refractivity contribution is 8.13. The molecule has 4 nitrogen and oxygen atoms in total. The van der Waals surface area contributed by atoms with E-state index in [1.165, 1.54) is 6.07 Å². The summed E-state index contributed by atoms with van der Waals surface area (Å²) >= 11 is 0. The molecule has 1 aliphatic carbocycles. The molecule has 0 N–H and O–H groups in total. The van der Waals surface area contributed by atoms with E-state index in [1.807, 2.05) is 0 Å². The second-order valence-electron chi connectivity index (χ2n) is 3.37. The van der Waals surface area contributed by atoms with Gasteiger partial charge in [-0.2, -0.15) is 4.79 Å². The van der Waals surface area contributed by atoms with Gasteiger partial charge < -0.3 is 5.53 Å². The van der Waals surface area contributed by atoms with Crippen molar-refractivity contribution in [2.75, 3.05) is 0 Å². The van der Waals surface area contributed by atoms with Crippen LogP contribution in [0.3, 0.4) is 0 Å². The summed E-state index contributed by atoms with van der Waals surface area (Å²) in [6.45, 7) is 0. The Balaban J connectivity index is 2.69. The lowest BCUT2D eigenvalue weighted by Crippen LogP contribution is -2.09. The second-order valence-corrected chi connectivity index (χ2v) is 5.90. The summed E-state index contributed by atoms with van der Waals surface area (Å²) in [4.78, 5) is 3.17. The lowest BCUT2D eigenvalue weighted by atomic mass is 9.96. The fourth-order valence-electron chi connectivity index (χ4n) is 1.65. The van der Waals surface area contributed by atoms with Crippen molar-refractivity contribution >= 4 is 31.5 Å². The summed E-state index contributed by atoms with van der Waals surface area (Å²) in [5.74, 6) is 0. The summed E-state index contributed by atoms with van der Waals surface area (Å²) in [6, 6.07) is 4.84. The molecule has 2 rings (SSSR count). The van der Waals surface area contributed by atoms with E-state index in [0.29, 0.717) is 17.7 Å². The molecule has 1 aromatic carbocycles. The Hall–Kier alpha value is -1.42. The van der Waals surface area contributed by atoms with Crippen LogP contribution < -0.4 is 0 Å². The molecule has 0 saturated carbocycles. The summed E-state index contributed by atoms with van der Waals surface area (Å²) in [5, 5.41) is 0. The van der Waals surface area contributed by atoms with Gasteiger partial charge in [-0.25, -0.2) is 8.42 Å². The lowest BCUT2D eigenvalue weighted by Gasteiger charge is -2.10. The van der Waals surface area contributed by atoms with Gasteiger partial charge in [-0.3, -0.25) is 0 Å². The van der Waals surface area contributed by atoms with Crippen molar-refractivity contribution in [1.29, 1.82) is 0 Å². The SMILES string of the molecule is [N-]=[N+]=C1C=Cc2c(cccc2S(=O)(=O)Cl)C1. The summed E-state index contributed by atoms with van der Waals surface area (Å²) in [6.07, 6.45) is 3.54. The number of halogens is 1. The third kappa shape index (κ3) is 1.93. The average Bonchev–Trinajstić information content (AvgIpc) is 2.26. The largest absolute Gasteiger partial charge is 0.361 e. The molecule has 0 heterocycles. The van der Waals surface area contributed by atoms with Crippen LogP contribution in [0.5, 0.6) is 0 Å². The van der Waals surface area contributed by atoms with Crippen LogP contribution >= 0.6 is 10.7 Å². The van der Waals surface area contributed by atoms with Gasteiger partial charge in [-0.15, -0.1) is 0 Å². The molecule has 0 unspecified atom stereocenters. The zero-order chi connectivity index (χ0) is 11.8. The van der Waals surface area contributed by atoms with E-state index >= 15 is 0 Å². The number of hydrogen-bond acceptors (Lipinski definition) is 2. The molecule has 82 valence electrons. The molecular weight excluding hydrogens is 248 g/mol. The normalized spacial score (nSPS) is 14.4. The van der Waals surface area contributed by atoms with E-state index in [2.05, 4.69) is 4.79 Å². The van der Waals surface area contributed by atoms with E-state index in [1.54, 1.807) is 24.3 Å². The first-order valence-corrected chi connectivity index (χ1v) is 6.79. The zero-order valence-corrected chi connectivity index (χ0v) is 9.66. The van der Waals surface area contributed by atoms with Crippen molar-refractivity contribution in [3.63, 3.8) is 0 Å². The molecule has 0 radical (unpaired) electrons. The Labute approximate surface area is 97.2 Å². The van der Waals surface area contributed by atoms with Crippen molar-refractivity contribution in [2.24, 2.45) is 0 Å². The molecule has 0 aromatic heterocycles. The molecule has 6 heteroatoms. The molecule has 0 spiro atoms. The van der Waals surface area contributed by atoms with Gasteiger partial charge in [0.15, 0.2) is 0 Å². The summed E-state index contributed by atoms with van der Waals surface area (Å²) in [7, 11) is 1.57. The lowest BCUT2D eigenvalue weighted by molar-refractivity contribution is -0.00554. The van der Waals surface area contributed by atoms with Crippen LogP contribution in [0.15, 0.2) is 29.2 Å².